The maximum atomic E-state index is 13.6. The number of rotatable bonds is 4. The van der Waals surface area contributed by atoms with Crippen LogP contribution in [0.25, 0.3) is 10.8 Å². The molecule has 0 aromatic heterocycles. The first-order chi connectivity index (χ1) is 21.9. The molecule has 0 spiro atoms. The van der Waals surface area contributed by atoms with E-state index in [9.17, 15) is 13.2 Å². The van der Waals surface area contributed by atoms with Crippen molar-refractivity contribution in [2.45, 2.75) is 24.4 Å². The van der Waals surface area contributed by atoms with Crippen molar-refractivity contribution in [2.75, 3.05) is 0 Å². The van der Waals surface area contributed by atoms with E-state index in [4.69, 9.17) is 9.31 Å². The zero-order valence-electron chi connectivity index (χ0n) is 24.2. The van der Waals surface area contributed by atoms with Crippen LogP contribution in [0, 0.1) is 0 Å². The van der Waals surface area contributed by atoms with Gasteiger partial charge in [0, 0.05) is 12.1 Å². The molecule has 7 rings (SSSR count). The van der Waals surface area contributed by atoms with Crippen molar-refractivity contribution < 1.29 is 22.5 Å². The molecule has 1 heterocycles. The number of halogens is 3. The van der Waals surface area contributed by atoms with Gasteiger partial charge < -0.3 is 14.6 Å². The number of benzene rings is 6. The number of hydrogen-bond acceptors (Lipinski definition) is 3. The van der Waals surface area contributed by atoms with Gasteiger partial charge in [0.2, 0.25) is 0 Å². The molecule has 0 aliphatic carbocycles. The highest BCUT2D eigenvalue weighted by Crippen LogP contribution is 2.46. The van der Waals surface area contributed by atoms with Gasteiger partial charge >= 0.3 is 13.3 Å². The molecule has 0 fully saturated rings. The second kappa shape index (κ2) is 11.9. The molecule has 1 aliphatic heterocycles. The van der Waals surface area contributed by atoms with Crippen LogP contribution in [0.15, 0.2) is 152 Å². The van der Waals surface area contributed by atoms with E-state index in [1.807, 2.05) is 103 Å². The zero-order valence-corrected chi connectivity index (χ0v) is 24.2. The molecule has 222 valence electrons. The molecule has 0 amide bonds. The van der Waals surface area contributed by atoms with Crippen LogP contribution >= 0.6 is 0 Å². The lowest BCUT2D eigenvalue weighted by atomic mass is 9.71. The molecule has 45 heavy (non-hydrogen) atoms. The van der Waals surface area contributed by atoms with E-state index >= 15 is 0 Å². The quantitative estimate of drug-likeness (QED) is 0.207. The normalized spacial score (nSPS) is 16.6. The maximum Gasteiger partial charge on any atom is 0.563 e. The first kappa shape index (κ1) is 28.9. The van der Waals surface area contributed by atoms with Crippen molar-refractivity contribution in [3.8, 4) is 5.75 Å². The molecular formula is C38H29BF3NO2. The van der Waals surface area contributed by atoms with Gasteiger partial charge in [0.1, 0.15) is 11.4 Å². The van der Waals surface area contributed by atoms with Crippen molar-refractivity contribution in [3.05, 3.63) is 179 Å². The van der Waals surface area contributed by atoms with Crippen LogP contribution in [0.1, 0.15) is 33.9 Å². The molecule has 1 atom stereocenters. The highest BCUT2D eigenvalue weighted by Gasteiger charge is 2.49. The summed E-state index contributed by atoms with van der Waals surface area (Å²) in [7, 11) is -1.07. The summed E-state index contributed by atoms with van der Waals surface area (Å²) in [6.45, 7) is 0.445. The van der Waals surface area contributed by atoms with Gasteiger partial charge in [-0.05, 0) is 39.0 Å². The summed E-state index contributed by atoms with van der Waals surface area (Å²) in [4.78, 5) is 0. The molecule has 7 heteroatoms. The van der Waals surface area contributed by atoms with E-state index in [1.54, 1.807) is 0 Å². The minimum atomic E-state index is -4.47. The molecule has 0 saturated heterocycles. The third kappa shape index (κ3) is 5.50. The number of hydrogen-bond donors (Lipinski definition) is 1. The zero-order chi connectivity index (χ0) is 30.9. The van der Waals surface area contributed by atoms with E-state index < -0.39 is 30.5 Å². The molecule has 0 bridgehead atoms. The third-order valence-corrected chi connectivity index (χ3v) is 8.46. The fourth-order valence-electron chi connectivity index (χ4n) is 6.30. The van der Waals surface area contributed by atoms with Crippen LogP contribution in [0.4, 0.5) is 13.2 Å². The van der Waals surface area contributed by atoms with Crippen molar-refractivity contribution in [3.63, 3.8) is 0 Å². The van der Waals surface area contributed by atoms with Gasteiger partial charge in [-0.15, -0.1) is 0 Å². The average Bonchev–Trinajstić information content (AvgIpc) is 3.16. The Labute approximate surface area is 260 Å². The van der Waals surface area contributed by atoms with E-state index in [-0.39, 0.29) is 0 Å². The fourth-order valence-corrected chi connectivity index (χ4v) is 6.30. The lowest BCUT2D eigenvalue weighted by Gasteiger charge is -2.43. The second-order valence-corrected chi connectivity index (χ2v) is 11.1. The Morgan fingerprint density at radius 1 is 0.644 bits per heavy atom. The predicted molar refractivity (Wildman–Crippen MR) is 172 cm³/mol. The average molecular weight is 599 g/mol. The topological polar surface area (TPSA) is 30.5 Å². The summed E-state index contributed by atoms with van der Waals surface area (Å²) in [5, 5.41) is 5.94. The van der Waals surface area contributed by atoms with E-state index in [0.717, 1.165) is 45.2 Å². The third-order valence-electron chi connectivity index (χ3n) is 8.46. The van der Waals surface area contributed by atoms with Crippen LogP contribution in [-0.2, 0) is 23.0 Å². The lowest BCUT2D eigenvalue weighted by molar-refractivity contribution is -0.137. The molecule has 0 unspecified atom stereocenters. The Morgan fingerprint density at radius 2 is 1.22 bits per heavy atom. The van der Waals surface area contributed by atoms with Crippen LogP contribution < -0.4 is 15.4 Å². The van der Waals surface area contributed by atoms with Crippen LogP contribution in [0.2, 0.25) is 0 Å². The molecule has 0 radical (unpaired) electrons. The minimum Gasteiger partial charge on any atom is -0.532 e. The van der Waals surface area contributed by atoms with Gasteiger partial charge in [-0.2, -0.15) is 13.2 Å². The predicted octanol–water partition coefficient (Wildman–Crippen LogP) is 8.44. The largest absolute Gasteiger partial charge is 0.563 e. The standard InChI is InChI=1S/C38H29BF3NO2/c40-38(41,42)31-21-23-32(24-22-31)39-44-35-25-20-27-12-10-11-19-33(27)34(35)26-43-36(28-13-4-1-5-14-28)37(45-39,29-15-6-2-7-16-29)30-17-8-3-9-18-30/h1-25,36,43H,26H2/t36-/m1/s1. The molecule has 1 aliphatic rings. The minimum absolute atomic E-state index is 0.436. The van der Waals surface area contributed by atoms with Gasteiger partial charge in [-0.25, -0.2) is 0 Å². The first-order valence-corrected chi connectivity index (χ1v) is 14.8. The van der Waals surface area contributed by atoms with Gasteiger partial charge in [0.25, 0.3) is 0 Å². The Morgan fingerprint density at radius 3 is 1.84 bits per heavy atom. The number of nitrogens with one attached hydrogen (secondary N) is 1. The fraction of sp³-hybridized carbons (Fsp3) is 0.105. The first-order valence-electron chi connectivity index (χ1n) is 14.8. The summed E-state index contributed by atoms with van der Waals surface area (Å²) in [5.74, 6) is 0.592. The smallest absolute Gasteiger partial charge is 0.532 e. The Hall–Kier alpha value is -4.85. The van der Waals surface area contributed by atoms with Crippen molar-refractivity contribution in [1.82, 2.24) is 5.32 Å². The van der Waals surface area contributed by atoms with Crippen molar-refractivity contribution in [1.29, 1.82) is 0 Å². The highest BCUT2D eigenvalue weighted by atomic mass is 19.4. The Bertz CT molecular complexity index is 1860. The molecule has 3 nitrogen and oxygen atoms in total. The van der Waals surface area contributed by atoms with Crippen LogP contribution in [0.3, 0.4) is 0 Å². The molecular weight excluding hydrogens is 570 g/mol. The van der Waals surface area contributed by atoms with E-state index in [2.05, 4.69) is 29.6 Å². The van der Waals surface area contributed by atoms with Gasteiger partial charge in [0.05, 0.1) is 11.6 Å². The van der Waals surface area contributed by atoms with E-state index in [0.29, 0.717) is 17.8 Å². The SMILES string of the molecule is FC(F)(F)c1ccc(B2Oc3ccc4ccccc4c3CN[C@H](c3ccccc3)C(c3ccccc3)(c3ccccc3)O2)cc1. The summed E-state index contributed by atoms with van der Waals surface area (Å²) >= 11 is 0. The summed E-state index contributed by atoms with van der Waals surface area (Å²) in [6.07, 6.45) is -4.47. The molecule has 1 N–H and O–H groups in total. The summed E-state index contributed by atoms with van der Waals surface area (Å²) in [5.41, 5.74) is 2.22. The van der Waals surface area contributed by atoms with Gasteiger partial charge in [0.15, 0.2) is 0 Å². The number of fused-ring (bicyclic) bond motifs is 3. The number of alkyl halides is 3. The molecule has 0 saturated carbocycles. The maximum absolute atomic E-state index is 13.6. The van der Waals surface area contributed by atoms with Gasteiger partial charge in [-0.3, -0.25) is 0 Å². The van der Waals surface area contributed by atoms with Crippen LogP contribution in [-0.4, -0.2) is 7.12 Å². The Balaban J connectivity index is 1.51. The van der Waals surface area contributed by atoms with Gasteiger partial charge in [-0.1, -0.05) is 146 Å². The van der Waals surface area contributed by atoms with E-state index in [1.165, 1.54) is 12.1 Å². The molecule has 6 aromatic carbocycles. The lowest BCUT2D eigenvalue weighted by Crippen LogP contribution is -2.52. The second-order valence-electron chi connectivity index (χ2n) is 11.1. The molecule has 6 aromatic rings. The Kier molecular flexibility index (Phi) is 7.65. The summed E-state index contributed by atoms with van der Waals surface area (Å²) < 4.78 is 54.9. The van der Waals surface area contributed by atoms with Crippen molar-refractivity contribution >= 4 is 23.4 Å². The summed E-state index contributed by atoms with van der Waals surface area (Å²) in [6, 6.07) is 46.6. The monoisotopic (exact) mass is 599 g/mol. The highest BCUT2D eigenvalue weighted by molar-refractivity contribution is 6.62. The van der Waals surface area contributed by atoms with Crippen molar-refractivity contribution in [2.24, 2.45) is 0 Å². The van der Waals surface area contributed by atoms with Crippen LogP contribution in [0.5, 0.6) is 5.75 Å².